The van der Waals surface area contributed by atoms with E-state index in [1.54, 1.807) is 30.6 Å². The maximum absolute atomic E-state index is 13.4. The minimum atomic E-state index is -4.68. The minimum Gasteiger partial charge on any atom is -0.354 e. The third-order valence-electron chi connectivity index (χ3n) is 4.03. The van der Waals surface area contributed by atoms with Crippen LogP contribution in [0.2, 0.25) is 0 Å². The monoisotopic (exact) mass is 418 g/mol. The maximum atomic E-state index is 13.4. The van der Waals surface area contributed by atoms with Crippen LogP contribution in [-0.4, -0.2) is 28.4 Å². The van der Waals surface area contributed by atoms with Gasteiger partial charge in [-0.25, -0.2) is 9.78 Å². The summed E-state index contributed by atoms with van der Waals surface area (Å²) in [5, 5.41) is 14.8. The largest absolute Gasteiger partial charge is 0.412 e. The molecule has 0 fully saturated rings. The fourth-order valence-corrected chi connectivity index (χ4v) is 2.64. The number of pyridine rings is 2. The predicted molar refractivity (Wildman–Crippen MR) is 111 cm³/mol. The van der Waals surface area contributed by atoms with E-state index in [-0.39, 0.29) is 14.2 Å². The van der Waals surface area contributed by atoms with Gasteiger partial charge in [-0.1, -0.05) is 30.3 Å². The van der Waals surface area contributed by atoms with Gasteiger partial charge in [-0.3, -0.25) is 10.3 Å². The van der Waals surface area contributed by atoms with Crippen molar-refractivity contribution in [1.82, 2.24) is 15.3 Å². The number of urea groups is 1. The lowest BCUT2D eigenvalue weighted by Crippen LogP contribution is -2.40. The lowest BCUT2D eigenvalue weighted by Gasteiger charge is -2.22. The molecule has 0 bridgehead atoms. The van der Waals surface area contributed by atoms with E-state index in [0.29, 0.717) is 16.9 Å². The highest BCUT2D eigenvalue weighted by molar-refractivity contribution is 5.92. The molecule has 4 N–H and O–H groups in total. The fraction of sp³-hybridized carbons (Fsp3) is 0.100. The van der Waals surface area contributed by atoms with E-state index in [9.17, 15) is 18.0 Å². The molecule has 0 aliphatic heterocycles. The summed E-state index contributed by atoms with van der Waals surface area (Å²) in [6.45, 7) is 0. The second-order valence-electron chi connectivity index (χ2n) is 6.15. The third kappa shape index (κ3) is 5.31. The Labute approximate surface area is 172 Å². The van der Waals surface area contributed by atoms with Crippen molar-refractivity contribution in [3.63, 3.8) is 0 Å². The van der Waals surface area contributed by atoms with Gasteiger partial charge in [0.1, 0.15) is 5.82 Å². The molecule has 30 heavy (non-hydrogen) atoms. The number of nitrogens with one attached hydrogen (secondary N) is 4. The molecule has 0 spiro atoms. The molecule has 3 rings (SSSR count). The molecule has 1 aromatic carbocycles. The molecular formula is C20H21F3N6O. The number of benzene rings is 1. The molecule has 0 unspecified atom stereocenters. The van der Waals surface area contributed by atoms with Gasteiger partial charge in [0.15, 0.2) is 6.04 Å². The highest BCUT2D eigenvalue weighted by atomic mass is 19.4. The zero-order valence-corrected chi connectivity index (χ0v) is 15.4. The molecule has 3 aromatic rings. The molecule has 7 nitrogen and oxygen atoms in total. The minimum absolute atomic E-state index is 0. The van der Waals surface area contributed by atoms with E-state index in [4.69, 9.17) is 5.41 Å². The third-order valence-corrected chi connectivity index (χ3v) is 4.03. The number of rotatable bonds is 6. The van der Waals surface area contributed by atoms with Crippen LogP contribution in [0, 0.1) is 5.41 Å². The number of carbonyl (C=O) groups is 1. The number of hydrogen-bond acceptors (Lipinski definition) is 5. The zero-order chi connectivity index (χ0) is 21.6. The van der Waals surface area contributed by atoms with Crippen LogP contribution in [0.5, 0.6) is 0 Å². The number of nitrogens with zero attached hydrogens (tertiary/aromatic N) is 2. The zero-order valence-electron chi connectivity index (χ0n) is 15.4. The first-order chi connectivity index (χ1) is 14.4. The van der Waals surface area contributed by atoms with Crippen molar-refractivity contribution >= 4 is 29.4 Å². The number of amides is 2. The molecule has 0 saturated carbocycles. The Morgan fingerprint density at radius 3 is 2.47 bits per heavy atom. The van der Waals surface area contributed by atoms with E-state index in [1.165, 1.54) is 36.5 Å². The first kappa shape index (κ1) is 20.8. The van der Waals surface area contributed by atoms with Crippen molar-refractivity contribution in [2.24, 2.45) is 0 Å². The average Bonchev–Trinajstić information content (AvgIpc) is 2.73. The van der Waals surface area contributed by atoms with Crippen LogP contribution >= 0.6 is 0 Å². The quantitative estimate of drug-likeness (QED) is 0.417. The van der Waals surface area contributed by atoms with Crippen molar-refractivity contribution < 1.29 is 20.8 Å². The molecule has 0 radical (unpaired) electrons. The Morgan fingerprint density at radius 1 is 1.13 bits per heavy atom. The Hall–Kier alpha value is -3.95. The summed E-state index contributed by atoms with van der Waals surface area (Å²) in [4.78, 5) is 20.1. The van der Waals surface area contributed by atoms with E-state index in [2.05, 4.69) is 20.6 Å². The van der Waals surface area contributed by atoms with Crippen molar-refractivity contribution in [3.05, 3.63) is 78.2 Å². The van der Waals surface area contributed by atoms with E-state index in [1.807, 2.05) is 5.32 Å². The lowest BCUT2D eigenvalue weighted by molar-refractivity contribution is -0.154. The molecule has 2 amide bonds. The Bertz CT molecular complexity index is 1020. The van der Waals surface area contributed by atoms with Crippen LogP contribution in [0.3, 0.4) is 0 Å². The normalized spacial score (nSPS) is 12.0. The summed E-state index contributed by atoms with van der Waals surface area (Å²) >= 11 is 0. The van der Waals surface area contributed by atoms with Crippen LogP contribution in [0.4, 0.5) is 35.2 Å². The standard InChI is InChI=1S/C20H17F3N6O.2H2/c21-20(22,23)18(13-4-2-1-3-5-13)29-19(30)28-17-10-14(11-24)16(12-26-17)27-15-6-8-25-9-7-15;;/h1-12,18,24H,(H,25,27)(H2,26,28,29,30);2*1H/t18-;;/m0../s1. The van der Waals surface area contributed by atoms with E-state index in [0.717, 1.165) is 6.21 Å². The SMILES string of the molecule is N=Cc1cc(NC(=O)N[C@@H](c2ccccc2)C(F)(F)F)ncc1Nc1ccncc1.[HH].[HH]. The van der Waals surface area contributed by atoms with Crippen LogP contribution in [0.25, 0.3) is 0 Å². The second kappa shape index (κ2) is 9.03. The Morgan fingerprint density at radius 2 is 1.83 bits per heavy atom. The molecule has 0 saturated heterocycles. The predicted octanol–water partition coefficient (Wildman–Crippen LogP) is 5.13. The van der Waals surface area contributed by atoms with Gasteiger partial charge >= 0.3 is 12.2 Å². The summed E-state index contributed by atoms with van der Waals surface area (Å²) in [5.74, 6) is 0.000245. The van der Waals surface area contributed by atoms with Gasteiger partial charge < -0.3 is 16.0 Å². The number of aromatic nitrogens is 2. The first-order valence-corrected chi connectivity index (χ1v) is 8.73. The fourth-order valence-electron chi connectivity index (χ4n) is 2.64. The smallest absolute Gasteiger partial charge is 0.354 e. The summed E-state index contributed by atoms with van der Waals surface area (Å²) in [5.41, 5.74) is 1.49. The first-order valence-electron chi connectivity index (χ1n) is 8.73. The Kier molecular flexibility index (Phi) is 6.26. The van der Waals surface area contributed by atoms with Crippen molar-refractivity contribution in [3.8, 4) is 0 Å². The number of carbonyl (C=O) groups excluding carboxylic acids is 1. The number of alkyl halides is 3. The molecule has 0 aliphatic rings. The highest BCUT2D eigenvalue weighted by Crippen LogP contribution is 2.32. The topological polar surface area (TPSA) is 103 Å². The molecular weight excluding hydrogens is 397 g/mol. The van der Waals surface area contributed by atoms with E-state index < -0.39 is 18.2 Å². The molecule has 2 aromatic heterocycles. The second-order valence-corrected chi connectivity index (χ2v) is 6.15. The van der Waals surface area contributed by atoms with Crippen LogP contribution in [-0.2, 0) is 0 Å². The highest BCUT2D eigenvalue weighted by Gasteiger charge is 2.41. The van der Waals surface area contributed by atoms with Gasteiger partial charge in [0.25, 0.3) is 0 Å². The lowest BCUT2D eigenvalue weighted by atomic mass is 10.1. The summed E-state index contributed by atoms with van der Waals surface area (Å²) in [6.07, 6.45) is 0.907. The molecule has 2 heterocycles. The number of hydrogen-bond donors (Lipinski definition) is 4. The summed E-state index contributed by atoms with van der Waals surface area (Å²) in [6, 6.07) is 8.63. The number of halogens is 3. The van der Waals surface area contributed by atoms with Crippen molar-refractivity contribution in [2.75, 3.05) is 10.6 Å². The Balaban J connectivity index is 0.00000256. The molecule has 158 valence electrons. The average molecular weight is 418 g/mol. The van der Waals surface area contributed by atoms with Gasteiger partial charge in [-0.15, -0.1) is 0 Å². The van der Waals surface area contributed by atoms with Gasteiger partial charge in [-0.2, -0.15) is 13.2 Å². The van der Waals surface area contributed by atoms with Crippen molar-refractivity contribution in [1.29, 1.82) is 5.41 Å². The maximum Gasteiger partial charge on any atom is 0.412 e. The van der Waals surface area contributed by atoms with E-state index >= 15 is 0 Å². The molecule has 10 heteroatoms. The van der Waals surface area contributed by atoms with Gasteiger partial charge in [0, 0.05) is 32.7 Å². The van der Waals surface area contributed by atoms with Crippen LogP contribution in [0.1, 0.15) is 20.0 Å². The van der Waals surface area contributed by atoms with Gasteiger partial charge in [-0.05, 0) is 23.8 Å². The molecule has 0 aliphatic carbocycles. The van der Waals surface area contributed by atoms with Crippen LogP contribution in [0.15, 0.2) is 67.1 Å². The van der Waals surface area contributed by atoms with Gasteiger partial charge in [0.05, 0.1) is 11.9 Å². The summed E-state index contributed by atoms with van der Waals surface area (Å²) < 4.78 is 40.1. The summed E-state index contributed by atoms with van der Waals surface area (Å²) in [7, 11) is 0. The van der Waals surface area contributed by atoms with Crippen molar-refractivity contribution in [2.45, 2.75) is 12.2 Å². The van der Waals surface area contributed by atoms with Gasteiger partial charge in [0.2, 0.25) is 0 Å². The molecule has 1 atom stereocenters. The number of anilines is 3. The van der Waals surface area contributed by atoms with Crippen LogP contribution < -0.4 is 16.0 Å².